The first kappa shape index (κ1) is 23.2. The summed E-state index contributed by atoms with van der Waals surface area (Å²) in [5, 5.41) is 0. The van der Waals surface area contributed by atoms with Crippen LogP contribution in [0.25, 0.3) is 0 Å². The number of aromatic nitrogens is 2. The van der Waals surface area contributed by atoms with Gasteiger partial charge in [-0.3, -0.25) is 9.69 Å². The fourth-order valence-electron chi connectivity index (χ4n) is 5.83. The third kappa shape index (κ3) is 4.74. The van der Waals surface area contributed by atoms with Crippen LogP contribution in [0.3, 0.4) is 0 Å². The molecule has 36 heavy (non-hydrogen) atoms. The molecule has 6 heteroatoms. The van der Waals surface area contributed by atoms with E-state index in [1.165, 1.54) is 24.8 Å². The highest BCUT2D eigenvalue weighted by atomic mass is 16.2. The predicted molar refractivity (Wildman–Crippen MR) is 142 cm³/mol. The summed E-state index contributed by atoms with van der Waals surface area (Å²) in [7, 11) is 0. The zero-order valence-corrected chi connectivity index (χ0v) is 20.9. The van der Waals surface area contributed by atoms with Gasteiger partial charge in [0.25, 0.3) is 0 Å². The van der Waals surface area contributed by atoms with Crippen LogP contribution in [0.2, 0.25) is 0 Å². The molecule has 0 unspecified atom stereocenters. The van der Waals surface area contributed by atoms with Gasteiger partial charge in [-0.15, -0.1) is 0 Å². The largest absolute Gasteiger partial charge is 0.341 e. The van der Waals surface area contributed by atoms with Gasteiger partial charge in [-0.25, -0.2) is 9.97 Å². The molecule has 0 radical (unpaired) electrons. The average molecular weight is 482 g/mol. The standard InChI is InChI=1S/C30H35N5O/c36-29(28(23-8-3-1-4-9-23)24-10-5-2-6-11-24)34-16-14-25-22-31-30(32-27(25)15-17-34)35-20-18-33(19-21-35)26-12-7-13-26/h1-6,8-11,22,26,28H,7,12-21H2. The second-order valence-corrected chi connectivity index (χ2v) is 10.3. The highest BCUT2D eigenvalue weighted by molar-refractivity contribution is 5.87. The maximum Gasteiger partial charge on any atom is 0.234 e. The van der Waals surface area contributed by atoms with Crippen LogP contribution in [0.5, 0.6) is 0 Å². The number of carbonyl (C=O) groups is 1. The van der Waals surface area contributed by atoms with E-state index in [9.17, 15) is 4.79 Å². The number of nitrogens with zero attached hydrogens (tertiary/aromatic N) is 5. The fourth-order valence-corrected chi connectivity index (χ4v) is 5.83. The molecule has 0 atom stereocenters. The van der Waals surface area contributed by atoms with E-state index in [4.69, 9.17) is 9.97 Å². The molecule has 2 fully saturated rings. The lowest BCUT2D eigenvalue weighted by atomic mass is 9.90. The number of amides is 1. The van der Waals surface area contributed by atoms with Gasteiger partial charge in [0.15, 0.2) is 0 Å². The number of benzene rings is 2. The molecule has 6 rings (SSSR count). The minimum atomic E-state index is -0.290. The highest BCUT2D eigenvalue weighted by Gasteiger charge is 2.31. The van der Waals surface area contributed by atoms with Gasteiger partial charge in [0.2, 0.25) is 11.9 Å². The van der Waals surface area contributed by atoms with Crippen molar-refractivity contribution < 1.29 is 4.79 Å². The first-order chi connectivity index (χ1) is 17.8. The summed E-state index contributed by atoms with van der Waals surface area (Å²) in [6.45, 7) is 5.59. The summed E-state index contributed by atoms with van der Waals surface area (Å²) in [6, 6.07) is 21.1. The van der Waals surface area contributed by atoms with Crippen molar-refractivity contribution in [1.82, 2.24) is 19.8 Å². The lowest BCUT2D eigenvalue weighted by molar-refractivity contribution is -0.131. The smallest absolute Gasteiger partial charge is 0.234 e. The van der Waals surface area contributed by atoms with Crippen molar-refractivity contribution in [3.8, 4) is 0 Å². The second-order valence-electron chi connectivity index (χ2n) is 10.3. The molecule has 3 aromatic rings. The molecule has 3 aliphatic rings. The zero-order valence-electron chi connectivity index (χ0n) is 20.9. The van der Waals surface area contributed by atoms with E-state index in [-0.39, 0.29) is 11.8 Å². The topological polar surface area (TPSA) is 52.6 Å². The van der Waals surface area contributed by atoms with Gasteiger partial charge in [-0.2, -0.15) is 0 Å². The second kappa shape index (κ2) is 10.4. The van der Waals surface area contributed by atoms with Crippen molar-refractivity contribution in [3.05, 3.63) is 89.2 Å². The SMILES string of the molecule is O=C(C(c1ccccc1)c1ccccc1)N1CCc2cnc(N3CCN(C4CCC4)CC3)nc2CC1. The Morgan fingerprint density at radius 3 is 2.06 bits per heavy atom. The maximum atomic E-state index is 13.9. The molecule has 0 N–H and O–H groups in total. The number of hydrogen-bond acceptors (Lipinski definition) is 5. The monoisotopic (exact) mass is 481 g/mol. The first-order valence-corrected chi connectivity index (χ1v) is 13.5. The van der Waals surface area contributed by atoms with Crippen LogP contribution in [0.1, 0.15) is 47.6 Å². The Balaban J connectivity index is 1.16. The molecule has 2 aliphatic heterocycles. The van der Waals surface area contributed by atoms with Crippen molar-refractivity contribution in [2.75, 3.05) is 44.2 Å². The lowest BCUT2D eigenvalue weighted by Gasteiger charge is -2.43. The van der Waals surface area contributed by atoms with Crippen LogP contribution in [0.15, 0.2) is 66.9 Å². The summed E-state index contributed by atoms with van der Waals surface area (Å²) in [6.07, 6.45) is 7.69. The van der Waals surface area contributed by atoms with Gasteiger partial charge in [0.1, 0.15) is 0 Å². The summed E-state index contributed by atoms with van der Waals surface area (Å²) >= 11 is 0. The number of hydrogen-bond donors (Lipinski definition) is 0. The minimum Gasteiger partial charge on any atom is -0.341 e. The van der Waals surface area contributed by atoms with Crippen LogP contribution in [0, 0.1) is 0 Å². The number of rotatable bonds is 5. The molecule has 0 bridgehead atoms. The average Bonchev–Trinajstić information content (AvgIpc) is 3.12. The van der Waals surface area contributed by atoms with Gasteiger partial charge in [-0.05, 0) is 36.0 Å². The number of carbonyl (C=O) groups excluding carboxylic acids is 1. The van der Waals surface area contributed by atoms with Crippen LogP contribution in [-0.2, 0) is 17.6 Å². The molecule has 1 saturated carbocycles. The lowest BCUT2D eigenvalue weighted by Crippen LogP contribution is -2.52. The zero-order chi connectivity index (χ0) is 24.3. The molecular weight excluding hydrogens is 446 g/mol. The third-order valence-electron chi connectivity index (χ3n) is 8.22. The molecule has 1 aromatic heterocycles. The Morgan fingerprint density at radius 1 is 0.806 bits per heavy atom. The summed E-state index contributed by atoms with van der Waals surface area (Å²) in [5.41, 5.74) is 4.36. The van der Waals surface area contributed by atoms with Crippen molar-refractivity contribution in [1.29, 1.82) is 0 Å². The summed E-state index contributed by atoms with van der Waals surface area (Å²) in [5.74, 6) is 0.732. The molecule has 1 amide bonds. The predicted octanol–water partition coefficient (Wildman–Crippen LogP) is 3.91. The van der Waals surface area contributed by atoms with Crippen molar-refractivity contribution in [2.24, 2.45) is 0 Å². The first-order valence-electron chi connectivity index (χ1n) is 13.5. The Labute approximate surface area is 214 Å². The van der Waals surface area contributed by atoms with Crippen LogP contribution < -0.4 is 4.90 Å². The van der Waals surface area contributed by atoms with Gasteiger partial charge < -0.3 is 9.80 Å². The van der Waals surface area contributed by atoms with Gasteiger partial charge in [-0.1, -0.05) is 67.1 Å². The van der Waals surface area contributed by atoms with E-state index in [1.807, 2.05) is 47.5 Å². The minimum absolute atomic E-state index is 0.167. The van der Waals surface area contributed by atoms with Crippen LogP contribution >= 0.6 is 0 Å². The van der Waals surface area contributed by atoms with Crippen LogP contribution in [-0.4, -0.2) is 71.0 Å². The van der Waals surface area contributed by atoms with E-state index in [1.54, 1.807) is 0 Å². The van der Waals surface area contributed by atoms with Crippen LogP contribution in [0.4, 0.5) is 5.95 Å². The Hall–Kier alpha value is -3.25. The van der Waals surface area contributed by atoms with Crippen molar-refractivity contribution >= 4 is 11.9 Å². The van der Waals surface area contributed by atoms with Gasteiger partial charge >= 0.3 is 0 Å². The van der Waals surface area contributed by atoms with Gasteiger partial charge in [0, 0.05) is 57.9 Å². The van der Waals surface area contributed by atoms with E-state index >= 15 is 0 Å². The molecule has 0 spiro atoms. The molecule has 3 heterocycles. The quantitative estimate of drug-likeness (QED) is 0.553. The third-order valence-corrected chi connectivity index (χ3v) is 8.22. The molecule has 2 aromatic carbocycles. The van der Waals surface area contributed by atoms with E-state index < -0.39 is 0 Å². The Kier molecular flexibility index (Phi) is 6.69. The molecule has 1 aliphatic carbocycles. The van der Waals surface area contributed by atoms with E-state index in [2.05, 4.69) is 34.1 Å². The number of piperazine rings is 1. The number of anilines is 1. The Morgan fingerprint density at radius 2 is 1.44 bits per heavy atom. The number of fused-ring (bicyclic) bond motifs is 1. The van der Waals surface area contributed by atoms with E-state index in [0.29, 0.717) is 13.1 Å². The van der Waals surface area contributed by atoms with Crippen molar-refractivity contribution in [2.45, 2.75) is 44.1 Å². The van der Waals surface area contributed by atoms with Crippen molar-refractivity contribution in [3.63, 3.8) is 0 Å². The molecular formula is C30H35N5O. The maximum absolute atomic E-state index is 13.9. The normalized spacial score (nSPS) is 19.0. The highest BCUT2D eigenvalue weighted by Crippen LogP contribution is 2.29. The summed E-state index contributed by atoms with van der Waals surface area (Å²) in [4.78, 5) is 30.7. The Bertz CT molecular complexity index is 1130. The molecule has 6 nitrogen and oxygen atoms in total. The molecule has 186 valence electrons. The van der Waals surface area contributed by atoms with Gasteiger partial charge in [0.05, 0.1) is 11.6 Å². The van der Waals surface area contributed by atoms with E-state index in [0.717, 1.165) is 67.8 Å². The summed E-state index contributed by atoms with van der Waals surface area (Å²) < 4.78 is 0. The fraction of sp³-hybridized carbons (Fsp3) is 0.433. The molecule has 1 saturated heterocycles.